The van der Waals surface area contributed by atoms with Gasteiger partial charge in [-0.25, -0.2) is 24.1 Å². The van der Waals surface area contributed by atoms with E-state index in [9.17, 15) is 4.79 Å². The molecule has 42 heavy (non-hydrogen) atoms. The number of thiazole rings is 1. The van der Waals surface area contributed by atoms with E-state index in [1.165, 1.54) is 29.8 Å². The number of nitrogens with one attached hydrogen (secondary N) is 1. The zero-order chi connectivity index (χ0) is 29.2. The summed E-state index contributed by atoms with van der Waals surface area (Å²) in [6.07, 6.45) is 3.81. The van der Waals surface area contributed by atoms with Crippen molar-refractivity contribution in [1.29, 1.82) is 0 Å². The third-order valence-corrected chi connectivity index (χ3v) is 7.75. The zero-order valence-corrected chi connectivity index (χ0v) is 23.5. The normalized spacial score (nSPS) is 16.2. The number of methoxy groups -OCH3 is 1. The number of aliphatic hydroxyl groups is 1. The highest BCUT2D eigenvalue weighted by Crippen LogP contribution is 2.38. The molecule has 3 aromatic heterocycles. The summed E-state index contributed by atoms with van der Waals surface area (Å²) >= 11 is 1.42. The Morgan fingerprint density at radius 2 is 1.90 bits per heavy atom. The first-order chi connectivity index (χ1) is 20.4. The van der Waals surface area contributed by atoms with E-state index in [2.05, 4.69) is 20.3 Å². The van der Waals surface area contributed by atoms with Crippen molar-refractivity contribution in [1.82, 2.24) is 19.9 Å². The molecule has 6 rings (SSSR count). The van der Waals surface area contributed by atoms with E-state index in [1.807, 2.05) is 25.1 Å². The van der Waals surface area contributed by atoms with Gasteiger partial charge in [-0.2, -0.15) is 0 Å². The molecule has 1 saturated carbocycles. The summed E-state index contributed by atoms with van der Waals surface area (Å²) in [5.41, 5.74) is 3.49. The lowest BCUT2D eigenvalue weighted by atomic mass is 9.92. The number of rotatable bonds is 9. The molecule has 0 radical (unpaired) electrons. The van der Waals surface area contributed by atoms with Crippen molar-refractivity contribution >= 4 is 44.2 Å². The first kappa shape index (κ1) is 27.5. The van der Waals surface area contributed by atoms with E-state index in [-0.39, 0.29) is 25.0 Å². The molecule has 1 aliphatic carbocycles. The van der Waals surface area contributed by atoms with Gasteiger partial charge in [0, 0.05) is 23.1 Å². The number of anilines is 1. The number of fused-ring (bicyclic) bond motifs is 2. The molecule has 1 aliphatic rings. The van der Waals surface area contributed by atoms with Gasteiger partial charge in [-0.1, -0.05) is 0 Å². The number of halogens is 1. The molecule has 2 atom stereocenters. The van der Waals surface area contributed by atoms with Crippen LogP contribution in [0.15, 0.2) is 48.9 Å². The van der Waals surface area contributed by atoms with E-state index < -0.39 is 24.1 Å². The smallest absolute Gasteiger partial charge is 0.412 e. The summed E-state index contributed by atoms with van der Waals surface area (Å²) in [7, 11) is 1.60. The fourth-order valence-corrected chi connectivity index (χ4v) is 5.53. The van der Waals surface area contributed by atoms with E-state index in [0.29, 0.717) is 34.8 Å². The van der Waals surface area contributed by atoms with Crippen LogP contribution in [0.4, 0.5) is 14.9 Å². The van der Waals surface area contributed by atoms with Crippen LogP contribution in [-0.4, -0.2) is 63.7 Å². The predicted molar refractivity (Wildman–Crippen MR) is 154 cm³/mol. The van der Waals surface area contributed by atoms with E-state index in [4.69, 9.17) is 29.0 Å². The fraction of sp³-hybridized carbons (Fsp3) is 0.276. The summed E-state index contributed by atoms with van der Waals surface area (Å²) < 4.78 is 37.7. The van der Waals surface area contributed by atoms with E-state index in [0.717, 1.165) is 26.7 Å². The number of aliphatic hydroxyl groups excluding tert-OH is 1. The van der Waals surface area contributed by atoms with Crippen molar-refractivity contribution in [3.8, 4) is 28.1 Å². The van der Waals surface area contributed by atoms with Crippen LogP contribution in [0.1, 0.15) is 18.4 Å². The van der Waals surface area contributed by atoms with Gasteiger partial charge in [-0.05, 0) is 43.5 Å². The maximum Gasteiger partial charge on any atom is 0.412 e. The number of carbonyl (C=O) groups excluding carboxylic acids is 1. The molecule has 11 nitrogen and oxygen atoms in total. The minimum atomic E-state index is -0.708. The topological polar surface area (TPSA) is 138 Å². The van der Waals surface area contributed by atoms with Gasteiger partial charge >= 0.3 is 12.1 Å². The molecule has 0 unspecified atom stereocenters. The standard InChI is InChI=1S/C29H26FN5O6S/c1-15-7-16-9-18(38-2)14-31-26(16)19(8-15)27-35-21-10-20(30)24(11-25(21)42-27)40-22-3-4-23(22)41-29(37)34-17-12-32-28(33-13-17)39-6-5-36/h7-14,22-23,36H,3-6H2,1-2H3,(H,34,37)/t22-,23+/m1/s1. The lowest BCUT2D eigenvalue weighted by Crippen LogP contribution is -2.45. The van der Waals surface area contributed by atoms with Crippen LogP contribution in [0.5, 0.6) is 17.5 Å². The van der Waals surface area contributed by atoms with Crippen molar-refractivity contribution in [3.63, 3.8) is 0 Å². The Balaban J connectivity index is 1.15. The number of nitrogens with zero attached hydrogens (tertiary/aromatic N) is 4. The molecule has 0 saturated heterocycles. The Morgan fingerprint density at radius 1 is 1.10 bits per heavy atom. The number of amides is 1. The number of aromatic nitrogens is 4. The lowest BCUT2D eigenvalue weighted by molar-refractivity contribution is -0.0431. The van der Waals surface area contributed by atoms with Gasteiger partial charge in [0.2, 0.25) is 0 Å². The Bertz CT molecular complexity index is 1770. The first-order valence-corrected chi connectivity index (χ1v) is 14.0. The number of carbonyl (C=O) groups is 1. The molecule has 1 amide bonds. The molecule has 2 aromatic carbocycles. The van der Waals surface area contributed by atoms with Gasteiger partial charge in [0.05, 0.1) is 53.7 Å². The molecule has 2 N–H and O–H groups in total. The summed E-state index contributed by atoms with van der Waals surface area (Å²) in [5, 5.41) is 13.0. The molecular formula is C29H26FN5O6S. The van der Waals surface area contributed by atoms with Crippen LogP contribution >= 0.6 is 11.3 Å². The van der Waals surface area contributed by atoms with Crippen molar-refractivity contribution in [2.24, 2.45) is 0 Å². The molecule has 0 bridgehead atoms. The molecular weight excluding hydrogens is 565 g/mol. The molecule has 216 valence electrons. The van der Waals surface area contributed by atoms with Crippen molar-refractivity contribution in [2.75, 3.05) is 25.6 Å². The van der Waals surface area contributed by atoms with Gasteiger partial charge in [0.1, 0.15) is 29.6 Å². The Hall–Kier alpha value is -4.62. The maximum atomic E-state index is 15.1. The van der Waals surface area contributed by atoms with Crippen LogP contribution in [0.3, 0.4) is 0 Å². The largest absolute Gasteiger partial charge is 0.495 e. The Morgan fingerprint density at radius 3 is 2.64 bits per heavy atom. The second-order valence-electron chi connectivity index (χ2n) is 9.66. The number of hydrogen-bond acceptors (Lipinski definition) is 11. The molecule has 3 heterocycles. The van der Waals surface area contributed by atoms with Crippen LogP contribution in [0.25, 0.3) is 31.7 Å². The number of benzene rings is 2. The lowest BCUT2D eigenvalue weighted by Gasteiger charge is -2.35. The Kier molecular flexibility index (Phi) is 7.68. The van der Waals surface area contributed by atoms with E-state index in [1.54, 1.807) is 19.4 Å². The molecule has 0 spiro atoms. The fourth-order valence-electron chi connectivity index (χ4n) is 4.54. The van der Waals surface area contributed by atoms with Crippen molar-refractivity contribution in [3.05, 3.63) is 60.3 Å². The number of ether oxygens (including phenoxy) is 4. The number of pyridine rings is 1. The third kappa shape index (κ3) is 5.74. The second-order valence-corrected chi connectivity index (χ2v) is 10.7. The molecule has 5 aromatic rings. The monoisotopic (exact) mass is 591 g/mol. The van der Waals surface area contributed by atoms with Crippen molar-refractivity contribution < 1.29 is 33.2 Å². The summed E-state index contributed by atoms with van der Waals surface area (Å²) in [6.45, 7) is 1.90. The Labute approximate surface area is 243 Å². The number of aryl methyl sites for hydroxylation is 1. The number of hydrogen-bond donors (Lipinski definition) is 2. The zero-order valence-electron chi connectivity index (χ0n) is 22.7. The van der Waals surface area contributed by atoms with Gasteiger partial charge in [0.15, 0.2) is 11.6 Å². The third-order valence-electron chi connectivity index (χ3n) is 6.69. The predicted octanol–water partition coefficient (Wildman–Crippen LogP) is 5.29. The highest BCUT2D eigenvalue weighted by Gasteiger charge is 2.37. The summed E-state index contributed by atoms with van der Waals surface area (Å²) in [6, 6.07) is 9.03. The first-order valence-electron chi connectivity index (χ1n) is 13.1. The van der Waals surface area contributed by atoms with Gasteiger partial charge < -0.3 is 24.1 Å². The van der Waals surface area contributed by atoms with Gasteiger partial charge in [-0.3, -0.25) is 10.3 Å². The average molecular weight is 592 g/mol. The van der Waals surface area contributed by atoms with Crippen molar-refractivity contribution in [2.45, 2.75) is 32.0 Å². The molecule has 0 aliphatic heterocycles. The van der Waals surface area contributed by atoms with Gasteiger partial charge in [-0.15, -0.1) is 11.3 Å². The SMILES string of the molecule is COc1cnc2c(-c3nc4cc(F)c(O[C@@H]5CC[C@@H]5OC(=O)Nc5cnc(OCCO)nc5)cc4s3)cc(C)cc2c1. The summed E-state index contributed by atoms with van der Waals surface area (Å²) in [5.74, 6) is 0.184. The minimum Gasteiger partial charge on any atom is -0.495 e. The molecule has 13 heteroatoms. The van der Waals surface area contributed by atoms with Crippen LogP contribution < -0.4 is 19.5 Å². The highest BCUT2D eigenvalue weighted by molar-refractivity contribution is 7.21. The van der Waals surface area contributed by atoms with Crippen LogP contribution in [0.2, 0.25) is 0 Å². The quantitative estimate of drug-likeness (QED) is 0.233. The molecule has 1 fully saturated rings. The van der Waals surface area contributed by atoms with Crippen LogP contribution in [-0.2, 0) is 4.74 Å². The minimum absolute atomic E-state index is 0.0625. The van der Waals surface area contributed by atoms with E-state index >= 15 is 4.39 Å². The summed E-state index contributed by atoms with van der Waals surface area (Å²) in [4.78, 5) is 29.6. The van der Waals surface area contributed by atoms with Crippen LogP contribution in [0, 0.1) is 12.7 Å². The maximum absolute atomic E-state index is 15.1. The highest BCUT2D eigenvalue weighted by atomic mass is 32.1. The average Bonchev–Trinajstić information content (AvgIpc) is 3.39. The van der Waals surface area contributed by atoms with Gasteiger partial charge in [0.25, 0.3) is 0 Å². The second kappa shape index (κ2) is 11.7.